The minimum atomic E-state index is -2.97. The van der Waals surface area contributed by atoms with Crippen LogP contribution in [0.3, 0.4) is 0 Å². The maximum absolute atomic E-state index is 13.2. The topological polar surface area (TPSA) is 38.3 Å². The van der Waals surface area contributed by atoms with E-state index < -0.39 is 12.6 Å². The summed E-state index contributed by atoms with van der Waals surface area (Å²) in [7, 11) is -2.97. The van der Waals surface area contributed by atoms with E-state index in [9.17, 15) is 4.57 Å². The Morgan fingerprint density at radius 3 is 2.56 bits per heavy atom. The van der Waals surface area contributed by atoms with Crippen LogP contribution in [0, 0.1) is 0 Å². The normalized spacial score (nSPS) is 30.1. The third-order valence-electron chi connectivity index (χ3n) is 3.14. The van der Waals surface area contributed by atoms with E-state index in [1.165, 1.54) is 0 Å². The van der Waals surface area contributed by atoms with Gasteiger partial charge in [0.05, 0.1) is 11.9 Å². The van der Waals surface area contributed by atoms with Crippen LogP contribution < -0.4 is 10.6 Å². The van der Waals surface area contributed by atoms with Crippen LogP contribution in [-0.2, 0) is 9.09 Å². The fourth-order valence-electron chi connectivity index (χ4n) is 2.41. The molecule has 18 heavy (non-hydrogen) atoms. The number of benzene rings is 1. The van der Waals surface area contributed by atoms with Gasteiger partial charge in [-0.3, -0.25) is 9.88 Å². The van der Waals surface area contributed by atoms with Crippen molar-refractivity contribution in [2.45, 2.75) is 38.5 Å². The molecule has 1 heterocycles. The average molecular weight is 288 g/mol. The van der Waals surface area contributed by atoms with Crippen LogP contribution >= 0.6 is 19.0 Å². The van der Waals surface area contributed by atoms with Crippen LogP contribution in [0.25, 0.3) is 0 Å². The van der Waals surface area contributed by atoms with E-state index in [1.807, 2.05) is 33.8 Å². The van der Waals surface area contributed by atoms with Crippen LogP contribution in [0.4, 0.5) is 0 Å². The average Bonchev–Trinajstić information content (AvgIpc) is 2.23. The summed E-state index contributed by atoms with van der Waals surface area (Å²) in [6.07, 6.45) is 0. The number of hydrogen-bond donors (Lipinski definition) is 1. The summed E-state index contributed by atoms with van der Waals surface area (Å²) in [4.78, 5) is 0. The number of halogens is 1. The van der Waals surface area contributed by atoms with Crippen LogP contribution in [0.1, 0.15) is 27.7 Å². The van der Waals surface area contributed by atoms with Gasteiger partial charge in [-0.2, -0.15) is 0 Å². The molecule has 100 valence electrons. The molecule has 5 heteroatoms. The molecule has 1 aliphatic heterocycles. The first-order chi connectivity index (χ1) is 8.16. The predicted octanol–water partition coefficient (Wildman–Crippen LogP) is 3.38. The largest absolute Gasteiger partial charge is 0.322 e. The van der Waals surface area contributed by atoms with Crippen molar-refractivity contribution in [3.05, 3.63) is 29.3 Å². The first-order valence-electron chi connectivity index (χ1n) is 5.96. The van der Waals surface area contributed by atoms with Gasteiger partial charge in [-0.05, 0) is 45.9 Å². The van der Waals surface area contributed by atoms with E-state index in [0.29, 0.717) is 16.9 Å². The highest BCUT2D eigenvalue weighted by atomic mass is 35.5. The van der Waals surface area contributed by atoms with Crippen LogP contribution in [0.2, 0.25) is 5.02 Å². The summed E-state index contributed by atoms with van der Waals surface area (Å²) in [5, 5.41) is 4.04. The lowest BCUT2D eigenvalue weighted by atomic mass is 10.1. The first kappa shape index (κ1) is 14.1. The molecule has 1 atom stereocenters. The second-order valence-corrected chi connectivity index (χ2v) is 9.30. The zero-order valence-electron chi connectivity index (χ0n) is 11.2. The van der Waals surface area contributed by atoms with Crippen molar-refractivity contribution in [2.75, 3.05) is 6.61 Å². The van der Waals surface area contributed by atoms with Crippen LogP contribution in [-0.4, -0.2) is 17.4 Å². The van der Waals surface area contributed by atoms with E-state index in [-0.39, 0.29) is 5.54 Å². The van der Waals surface area contributed by atoms with Crippen molar-refractivity contribution in [2.24, 2.45) is 0 Å². The zero-order valence-corrected chi connectivity index (χ0v) is 12.8. The molecular weight excluding hydrogens is 269 g/mol. The Morgan fingerprint density at radius 2 is 2.00 bits per heavy atom. The SMILES string of the molecule is CC1(C)CO[P@](=O)(c2cccc(Cl)c2)C(C)(C)N1. The Balaban J connectivity index is 2.46. The lowest BCUT2D eigenvalue weighted by Crippen LogP contribution is -2.59. The molecule has 0 amide bonds. The molecule has 2 rings (SSSR count). The molecule has 0 bridgehead atoms. The van der Waals surface area contributed by atoms with E-state index in [0.717, 1.165) is 0 Å². The summed E-state index contributed by atoms with van der Waals surface area (Å²) in [6.45, 7) is 8.32. The fraction of sp³-hybridized carbons (Fsp3) is 0.538. The van der Waals surface area contributed by atoms with Gasteiger partial charge in [0.2, 0.25) is 0 Å². The molecule has 1 saturated heterocycles. The molecule has 0 spiro atoms. The minimum absolute atomic E-state index is 0.185. The summed E-state index contributed by atoms with van der Waals surface area (Å²) < 4.78 is 19.0. The quantitative estimate of drug-likeness (QED) is 0.805. The van der Waals surface area contributed by atoms with Crippen LogP contribution in [0.5, 0.6) is 0 Å². The Labute approximate surface area is 113 Å². The lowest BCUT2D eigenvalue weighted by molar-refractivity contribution is 0.147. The number of nitrogens with one attached hydrogen (secondary N) is 1. The number of rotatable bonds is 1. The van der Waals surface area contributed by atoms with E-state index in [2.05, 4.69) is 5.32 Å². The molecule has 1 aliphatic rings. The van der Waals surface area contributed by atoms with E-state index in [1.54, 1.807) is 18.2 Å². The molecule has 0 unspecified atom stereocenters. The monoisotopic (exact) mass is 287 g/mol. The highest BCUT2D eigenvalue weighted by Crippen LogP contribution is 2.59. The smallest absolute Gasteiger partial charge is 0.251 e. The van der Waals surface area contributed by atoms with Gasteiger partial charge in [-0.25, -0.2) is 0 Å². The molecule has 0 saturated carbocycles. The Morgan fingerprint density at radius 1 is 1.33 bits per heavy atom. The van der Waals surface area contributed by atoms with Crippen molar-refractivity contribution in [3.8, 4) is 0 Å². The van der Waals surface area contributed by atoms with Gasteiger partial charge < -0.3 is 4.52 Å². The van der Waals surface area contributed by atoms with Crippen LogP contribution in [0.15, 0.2) is 24.3 Å². The third kappa shape index (κ3) is 2.37. The molecule has 1 fully saturated rings. The lowest BCUT2D eigenvalue weighted by Gasteiger charge is -2.47. The van der Waals surface area contributed by atoms with Gasteiger partial charge in [0.1, 0.15) is 0 Å². The van der Waals surface area contributed by atoms with Crippen molar-refractivity contribution in [1.82, 2.24) is 5.32 Å². The van der Waals surface area contributed by atoms with Crippen molar-refractivity contribution in [1.29, 1.82) is 0 Å². The molecule has 1 aromatic rings. The summed E-state index contributed by atoms with van der Waals surface area (Å²) in [5.74, 6) is 0. The Kier molecular flexibility index (Phi) is 3.40. The highest BCUT2D eigenvalue weighted by molar-refractivity contribution is 7.68. The van der Waals surface area contributed by atoms with Gasteiger partial charge in [0.25, 0.3) is 7.37 Å². The van der Waals surface area contributed by atoms with E-state index >= 15 is 0 Å². The maximum atomic E-state index is 13.2. The summed E-state index contributed by atoms with van der Waals surface area (Å²) in [6, 6.07) is 7.11. The number of hydrogen-bond acceptors (Lipinski definition) is 3. The predicted molar refractivity (Wildman–Crippen MR) is 75.9 cm³/mol. The van der Waals surface area contributed by atoms with E-state index in [4.69, 9.17) is 16.1 Å². The standard InChI is InChI=1S/C13H19ClNO2P/c1-12(2)9-17-18(16,13(3,4)15-12)11-7-5-6-10(14)8-11/h5-8,15H,9H2,1-4H3/t18-/m1/s1. The van der Waals surface area contributed by atoms with Crippen molar-refractivity contribution in [3.63, 3.8) is 0 Å². The molecule has 0 aliphatic carbocycles. The molecule has 0 aromatic heterocycles. The van der Waals surface area contributed by atoms with Gasteiger partial charge in [-0.15, -0.1) is 0 Å². The molecular formula is C13H19ClNO2P. The highest BCUT2D eigenvalue weighted by Gasteiger charge is 2.50. The molecule has 0 radical (unpaired) electrons. The first-order valence-corrected chi connectivity index (χ1v) is 7.97. The zero-order chi connectivity index (χ0) is 13.6. The summed E-state index contributed by atoms with van der Waals surface area (Å²) in [5.41, 5.74) is -0.185. The minimum Gasteiger partial charge on any atom is -0.322 e. The summed E-state index contributed by atoms with van der Waals surface area (Å²) >= 11 is 5.98. The second kappa shape index (κ2) is 4.35. The van der Waals surface area contributed by atoms with Crippen molar-refractivity contribution >= 4 is 24.3 Å². The third-order valence-corrected chi connectivity index (χ3v) is 6.41. The maximum Gasteiger partial charge on any atom is 0.251 e. The molecule has 1 aromatic carbocycles. The second-order valence-electron chi connectivity index (χ2n) is 5.87. The van der Waals surface area contributed by atoms with Gasteiger partial charge in [0, 0.05) is 15.9 Å². The Bertz CT molecular complexity index is 513. The molecule has 3 nitrogen and oxygen atoms in total. The van der Waals surface area contributed by atoms with Gasteiger partial charge in [0.15, 0.2) is 0 Å². The van der Waals surface area contributed by atoms with Gasteiger partial charge >= 0.3 is 0 Å². The molecule has 1 N–H and O–H groups in total. The fourth-order valence-corrected chi connectivity index (χ4v) is 5.34. The Hall–Kier alpha value is -0.340. The van der Waals surface area contributed by atoms with Crippen molar-refractivity contribution < 1.29 is 9.09 Å². The van der Waals surface area contributed by atoms with Gasteiger partial charge in [-0.1, -0.05) is 17.7 Å².